The van der Waals surface area contributed by atoms with E-state index in [1.807, 2.05) is 41.5 Å². The van der Waals surface area contributed by atoms with Crippen molar-refractivity contribution >= 4 is 17.5 Å². The topological polar surface area (TPSA) is 88.1 Å². The molecule has 0 fully saturated rings. The van der Waals surface area contributed by atoms with Gasteiger partial charge in [-0.15, -0.1) is 0 Å². The van der Waals surface area contributed by atoms with E-state index in [1.165, 1.54) is 19.2 Å². The molecule has 2 rings (SSSR count). The molecule has 0 atom stereocenters. The van der Waals surface area contributed by atoms with E-state index in [0.717, 1.165) is 0 Å². The van der Waals surface area contributed by atoms with Crippen molar-refractivity contribution in [3.05, 3.63) is 53.6 Å². The second-order valence-electron chi connectivity index (χ2n) is 8.95. The molecule has 2 aromatic rings. The van der Waals surface area contributed by atoms with Crippen LogP contribution in [0.4, 0.5) is 5.69 Å². The van der Waals surface area contributed by atoms with Crippen LogP contribution >= 0.6 is 0 Å². The normalized spacial score (nSPS) is 11.6. The van der Waals surface area contributed by atoms with Crippen molar-refractivity contribution in [3.8, 4) is 11.5 Å². The number of amides is 2. The van der Waals surface area contributed by atoms with Gasteiger partial charge < -0.3 is 14.8 Å². The first kappa shape index (κ1) is 23.2. The van der Waals surface area contributed by atoms with Crippen molar-refractivity contribution < 1.29 is 24.3 Å². The summed E-state index contributed by atoms with van der Waals surface area (Å²) in [5.41, 5.74) is 0.355. The van der Waals surface area contributed by atoms with E-state index >= 15 is 0 Å². The zero-order valence-corrected chi connectivity index (χ0v) is 18.6. The molecule has 7 heteroatoms. The van der Waals surface area contributed by atoms with Gasteiger partial charge in [0.05, 0.1) is 0 Å². The predicted octanol–water partition coefficient (Wildman–Crippen LogP) is 4.75. The molecule has 30 heavy (non-hydrogen) atoms. The number of carbonyl (C=O) groups is 2. The minimum atomic E-state index is -0.536. The highest BCUT2D eigenvalue weighted by atomic mass is 16.5. The number of nitrogens with zero attached hydrogens (tertiary/aromatic N) is 1. The molecule has 0 heterocycles. The van der Waals surface area contributed by atoms with E-state index in [-0.39, 0.29) is 5.91 Å². The number of hydrogen-bond donors (Lipinski definition) is 2. The Balaban J connectivity index is 2.24. The molecule has 0 bridgehead atoms. The molecule has 0 aromatic heterocycles. The molecule has 2 aromatic carbocycles. The van der Waals surface area contributed by atoms with Crippen LogP contribution in [0.5, 0.6) is 11.5 Å². The third-order valence-corrected chi connectivity index (χ3v) is 3.72. The first-order chi connectivity index (χ1) is 13.7. The van der Waals surface area contributed by atoms with Gasteiger partial charge in [0.25, 0.3) is 11.8 Å². The van der Waals surface area contributed by atoms with Crippen LogP contribution < -0.4 is 14.8 Å². The summed E-state index contributed by atoms with van der Waals surface area (Å²) in [6.45, 7) is 11.6. The third kappa shape index (κ3) is 6.77. The Morgan fingerprint density at radius 2 is 1.33 bits per heavy atom. The Hall–Kier alpha value is -3.06. The van der Waals surface area contributed by atoms with Crippen molar-refractivity contribution in [2.75, 3.05) is 12.4 Å². The van der Waals surface area contributed by atoms with Crippen molar-refractivity contribution in [1.29, 1.82) is 0 Å². The molecule has 0 unspecified atom stereocenters. The van der Waals surface area contributed by atoms with Crippen molar-refractivity contribution in [3.63, 3.8) is 0 Å². The Morgan fingerprint density at radius 1 is 0.833 bits per heavy atom. The van der Waals surface area contributed by atoms with Crippen LogP contribution in [0.3, 0.4) is 0 Å². The van der Waals surface area contributed by atoms with E-state index in [9.17, 15) is 14.8 Å². The minimum absolute atomic E-state index is 0.308. The summed E-state index contributed by atoms with van der Waals surface area (Å²) in [5.74, 6) is 0.183. The molecule has 0 aliphatic rings. The second kappa shape index (κ2) is 8.75. The third-order valence-electron chi connectivity index (χ3n) is 3.72. The molecule has 2 N–H and O–H groups in total. The smallest absolute Gasteiger partial charge is 0.276 e. The lowest BCUT2D eigenvalue weighted by molar-refractivity contribution is -0.0374. The van der Waals surface area contributed by atoms with E-state index in [1.54, 1.807) is 30.3 Å². The fourth-order valence-corrected chi connectivity index (χ4v) is 2.56. The van der Waals surface area contributed by atoms with Crippen molar-refractivity contribution in [2.45, 2.75) is 52.7 Å². The fraction of sp³-hybridized carbons (Fsp3) is 0.391. The summed E-state index contributed by atoms with van der Waals surface area (Å²) in [7, 11) is 1.25. The maximum atomic E-state index is 12.7. The molecule has 7 nitrogen and oxygen atoms in total. The van der Waals surface area contributed by atoms with Crippen LogP contribution in [-0.2, 0) is 0 Å². The molecular weight excluding hydrogens is 384 g/mol. The molecule has 0 aliphatic carbocycles. The van der Waals surface area contributed by atoms with E-state index in [0.29, 0.717) is 33.4 Å². The molecule has 162 valence electrons. The Labute approximate surface area is 177 Å². The highest BCUT2D eigenvalue weighted by Crippen LogP contribution is 2.34. The van der Waals surface area contributed by atoms with Gasteiger partial charge in [0, 0.05) is 23.9 Å². The summed E-state index contributed by atoms with van der Waals surface area (Å²) in [6.07, 6.45) is 0. The molecule has 0 radical (unpaired) electrons. The SMILES string of the molecule is CN(O)C(=O)c1ccc(NC(=O)c2ccc(OC(C)(C)C)c(OC(C)(C)C)c2)cc1. The van der Waals surface area contributed by atoms with Crippen LogP contribution in [0, 0.1) is 0 Å². The lowest BCUT2D eigenvalue weighted by atomic mass is 10.1. The average Bonchev–Trinajstić information content (AvgIpc) is 2.60. The number of rotatable bonds is 5. The maximum absolute atomic E-state index is 12.7. The predicted molar refractivity (Wildman–Crippen MR) is 115 cm³/mol. The second-order valence-corrected chi connectivity index (χ2v) is 8.95. The van der Waals surface area contributed by atoms with Crippen LogP contribution in [0.2, 0.25) is 0 Å². The van der Waals surface area contributed by atoms with Crippen molar-refractivity contribution in [1.82, 2.24) is 5.06 Å². The van der Waals surface area contributed by atoms with Crippen molar-refractivity contribution in [2.24, 2.45) is 0 Å². The summed E-state index contributed by atoms with van der Waals surface area (Å²) in [5, 5.41) is 12.5. The fourth-order valence-electron chi connectivity index (χ4n) is 2.56. The summed E-state index contributed by atoms with van der Waals surface area (Å²) in [6, 6.07) is 11.3. The van der Waals surface area contributed by atoms with Gasteiger partial charge >= 0.3 is 0 Å². The number of carbonyl (C=O) groups excluding carboxylic acids is 2. The van der Waals surface area contributed by atoms with Gasteiger partial charge in [-0.1, -0.05) is 0 Å². The highest BCUT2D eigenvalue weighted by Gasteiger charge is 2.21. The first-order valence-electron chi connectivity index (χ1n) is 9.65. The molecule has 0 spiro atoms. The molecule has 0 saturated heterocycles. The van der Waals surface area contributed by atoms with E-state index in [2.05, 4.69) is 5.32 Å². The standard InChI is InChI=1S/C23H30N2O5/c1-22(2,3)29-18-13-10-16(14-19(18)30-23(4,5)6)20(26)24-17-11-8-15(9-12-17)21(27)25(7)28/h8-14,28H,1-7H3,(H,24,26). The average molecular weight is 415 g/mol. The Bertz CT molecular complexity index is 907. The zero-order chi connectivity index (χ0) is 22.7. The number of nitrogens with one attached hydrogen (secondary N) is 1. The van der Waals surface area contributed by atoms with Crippen LogP contribution in [0.1, 0.15) is 62.3 Å². The van der Waals surface area contributed by atoms with Crippen LogP contribution in [0.25, 0.3) is 0 Å². The number of anilines is 1. The molecule has 0 aliphatic heterocycles. The number of hydrogen-bond acceptors (Lipinski definition) is 5. The van der Waals surface area contributed by atoms with E-state index in [4.69, 9.17) is 9.47 Å². The maximum Gasteiger partial charge on any atom is 0.276 e. The minimum Gasteiger partial charge on any atom is -0.484 e. The van der Waals surface area contributed by atoms with Gasteiger partial charge in [-0.3, -0.25) is 14.8 Å². The summed E-state index contributed by atoms with van der Waals surface area (Å²) < 4.78 is 12.0. The Kier molecular flexibility index (Phi) is 6.77. The summed E-state index contributed by atoms with van der Waals surface area (Å²) >= 11 is 0. The van der Waals surface area contributed by atoms with Crippen LogP contribution in [-0.4, -0.2) is 40.3 Å². The monoisotopic (exact) mass is 414 g/mol. The summed E-state index contributed by atoms with van der Waals surface area (Å²) in [4.78, 5) is 24.5. The number of ether oxygens (including phenoxy) is 2. The lowest BCUT2D eigenvalue weighted by Crippen LogP contribution is -2.26. The van der Waals surface area contributed by atoms with Gasteiger partial charge in [-0.05, 0) is 84.0 Å². The Morgan fingerprint density at radius 3 is 1.83 bits per heavy atom. The van der Waals surface area contributed by atoms with Gasteiger partial charge in [-0.2, -0.15) is 0 Å². The van der Waals surface area contributed by atoms with Gasteiger partial charge in [0.2, 0.25) is 0 Å². The van der Waals surface area contributed by atoms with Gasteiger partial charge in [-0.25, -0.2) is 5.06 Å². The molecule has 0 saturated carbocycles. The zero-order valence-electron chi connectivity index (χ0n) is 18.6. The number of hydroxylamine groups is 2. The molecule has 2 amide bonds. The number of benzene rings is 2. The van der Waals surface area contributed by atoms with Gasteiger partial charge in [0.1, 0.15) is 11.2 Å². The van der Waals surface area contributed by atoms with Crippen LogP contribution in [0.15, 0.2) is 42.5 Å². The van der Waals surface area contributed by atoms with E-state index < -0.39 is 17.1 Å². The van der Waals surface area contributed by atoms with Gasteiger partial charge in [0.15, 0.2) is 11.5 Å². The first-order valence-corrected chi connectivity index (χ1v) is 9.65. The highest BCUT2D eigenvalue weighted by molar-refractivity contribution is 6.05. The largest absolute Gasteiger partial charge is 0.484 e. The molecular formula is C23H30N2O5. The quantitative estimate of drug-likeness (QED) is 0.544. The lowest BCUT2D eigenvalue weighted by Gasteiger charge is -2.27.